The number of carbonyl (C=O) groups is 1. The Kier molecular flexibility index (Phi) is 3.31. The molecule has 1 saturated heterocycles. The number of likely N-dealkylation sites (tertiary alicyclic amines) is 1. The Bertz CT molecular complexity index is 183. The van der Waals surface area contributed by atoms with Gasteiger partial charge >= 0.3 is 5.97 Å². The summed E-state index contributed by atoms with van der Waals surface area (Å²) in [6, 6.07) is 0. The first kappa shape index (κ1) is 10.5. The van der Waals surface area contributed by atoms with Crippen LogP contribution in [-0.2, 0) is 9.53 Å². The third-order valence-electron chi connectivity index (χ3n) is 2.56. The third kappa shape index (κ3) is 2.69. The van der Waals surface area contributed by atoms with Crippen molar-refractivity contribution in [3.05, 3.63) is 0 Å². The van der Waals surface area contributed by atoms with Crippen molar-refractivity contribution in [2.75, 3.05) is 26.7 Å². The van der Waals surface area contributed by atoms with Gasteiger partial charge in [-0.25, -0.2) is 0 Å². The summed E-state index contributed by atoms with van der Waals surface area (Å²) in [7, 11) is 1.45. The molecule has 0 saturated carbocycles. The minimum absolute atomic E-state index is 0.112. The molecule has 0 aromatic heterocycles. The van der Waals surface area contributed by atoms with Gasteiger partial charge in [-0.3, -0.25) is 4.79 Å². The quantitative estimate of drug-likeness (QED) is 0.620. The maximum atomic E-state index is 11.4. The van der Waals surface area contributed by atoms with E-state index < -0.39 is 0 Å². The molecule has 0 unspecified atom stereocenters. The summed E-state index contributed by atoms with van der Waals surface area (Å²) in [5.74, 6) is -0.112. The van der Waals surface area contributed by atoms with Crippen molar-refractivity contribution in [1.29, 1.82) is 0 Å². The highest BCUT2D eigenvalue weighted by atomic mass is 16.5. The molecule has 1 fully saturated rings. The number of rotatable bonds is 3. The number of methoxy groups -OCH3 is 1. The molecule has 13 heavy (non-hydrogen) atoms. The van der Waals surface area contributed by atoms with E-state index in [1.54, 1.807) is 0 Å². The zero-order valence-corrected chi connectivity index (χ0v) is 8.80. The van der Waals surface area contributed by atoms with E-state index in [4.69, 9.17) is 4.74 Å². The molecule has 0 spiro atoms. The lowest BCUT2D eigenvalue weighted by molar-refractivity contribution is -0.151. The van der Waals surface area contributed by atoms with Crippen molar-refractivity contribution in [3.63, 3.8) is 0 Å². The van der Waals surface area contributed by atoms with Crippen molar-refractivity contribution >= 4 is 5.97 Å². The Labute approximate surface area is 80.1 Å². The van der Waals surface area contributed by atoms with Gasteiger partial charge in [0.1, 0.15) is 0 Å². The van der Waals surface area contributed by atoms with E-state index in [0.717, 1.165) is 19.6 Å². The van der Waals surface area contributed by atoms with E-state index in [1.807, 2.05) is 13.8 Å². The van der Waals surface area contributed by atoms with Gasteiger partial charge in [-0.15, -0.1) is 0 Å². The van der Waals surface area contributed by atoms with Crippen LogP contribution < -0.4 is 0 Å². The second-order valence-electron chi connectivity index (χ2n) is 4.36. The van der Waals surface area contributed by atoms with Crippen LogP contribution >= 0.6 is 0 Å². The number of hydrogen-bond donors (Lipinski definition) is 0. The van der Waals surface area contributed by atoms with Crippen LogP contribution in [0.15, 0.2) is 0 Å². The molecule has 0 amide bonds. The van der Waals surface area contributed by atoms with E-state index in [2.05, 4.69) is 4.90 Å². The van der Waals surface area contributed by atoms with Crippen molar-refractivity contribution < 1.29 is 9.53 Å². The second-order valence-corrected chi connectivity index (χ2v) is 4.36. The fraction of sp³-hybridized carbons (Fsp3) is 0.900. The lowest BCUT2D eigenvalue weighted by Gasteiger charge is -2.27. The van der Waals surface area contributed by atoms with Crippen LogP contribution in [0, 0.1) is 5.41 Å². The lowest BCUT2D eigenvalue weighted by atomic mass is 9.93. The fourth-order valence-electron chi connectivity index (χ4n) is 1.84. The van der Waals surface area contributed by atoms with Crippen LogP contribution in [0.2, 0.25) is 0 Å². The topological polar surface area (TPSA) is 29.5 Å². The van der Waals surface area contributed by atoms with Gasteiger partial charge in [-0.2, -0.15) is 0 Å². The molecule has 0 N–H and O–H groups in total. The normalized spacial score (nSPS) is 19.0. The van der Waals surface area contributed by atoms with E-state index >= 15 is 0 Å². The molecule has 3 nitrogen and oxygen atoms in total. The SMILES string of the molecule is COC(=O)C(C)(C)CN1CCCC1. The standard InChI is InChI=1S/C10H19NO2/c1-10(2,9(12)13-3)8-11-6-4-5-7-11/h4-8H2,1-3H3. The minimum atomic E-state index is -0.362. The molecule has 1 aliphatic heterocycles. The number of esters is 1. The molecule has 1 aliphatic rings. The number of nitrogens with zero attached hydrogens (tertiary/aromatic N) is 1. The van der Waals surface area contributed by atoms with E-state index in [1.165, 1.54) is 20.0 Å². The van der Waals surface area contributed by atoms with Crippen molar-refractivity contribution in [3.8, 4) is 0 Å². The largest absolute Gasteiger partial charge is 0.469 e. The molecule has 0 bridgehead atoms. The van der Waals surface area contributed by atoms with Crippen LogP contribution in [0.5, 0.6) is 0 Å². The molecule has 0 aromatic rings. The van der Waals surface area contributed by atoms with Crippen molar-refractivity contribution in [2.24, 2.45) is 5.41 Å². The molecule has 0 radical (unpaired) electrons. The van der Waals surface area contributed by atoms with Gasteiger partial charge in [0.15, 0.2) is 0 Å². The fourth-order valence-corrected chi connectivity index (χ4v) is 1.84. The Morgan fingerprint density at radius 3 is 2.38 bits per heavy atom. The monoisotopic (exact) mass is 185 g/mol. The second kappa shape index (κ2) is 4.09. The highest BCUT2D eigenvalue weighted by Gasteiger charge is 2.31. The summed E-state index contributed by atoms with van der Waals surface area (Å²) >= 11 is 0. The van der Waals surface area contributed by atoms with Gasteiger partial charge in [0.2, 0.25) is 0 Å². The Hall–Kier alpha value is -0.570. The van der Waals surface area contributed by atoms with Gasteiger partial charge in [-0.05, 0) is 39.8 Å². The van der Waals surface area contributed by atoms with Gasteiger partial charge < -0.3 is 9.64 Å². The molecule has 76 valence electrons. The summed E-state index contributed by atoms with van der Waals surface area (Å²) in [6.07, 6.45) is 2.52. The average molecular weight is 185 g/mol. The smallest absolute Gasteiger partial charge is 0.312 e. The van der Waals surface area contributed by atoms with Gasteiger partial charge in [-0.1, -0.05) is 0 Å². The van der Waals surface area contributed by atoms with E-state index in [0.29, 0.717) is 0 Å². The third-order valence-corrected chi connectivity index (χ3v) is 2.56. The number of hydrogen-bond acceptors (Lipinski definition) is 3. The molecular weight excluding hydrogens is 166 g/mol. The number of ether oxygens (including phenoxy) is 1. The highest BCUT2D eigenvalue weighted by molar-refractivity contribution is 5.76. The van der Waals surface area contributed by atoms with Gasteiger partial charge in [0, 0.05) is 6.54 Å². The lowest BCUT2D eigenvalue weighted by Crippen LogP contribution is -2.38. The molecular formula is C10H19NO2. The van der Waals surface area contributed by atoms with Crippen LogP contribution in [0.3, 0.4) is 0 Å². The summed E-state index contributed by atoms with van der Waals surface area (Å²) < 4.78 is 4.76. The molecule has 0 aliphatic carbocycles. The molecule has 1 rings (SSSR count). The Morgan fingerprint density at radius 2 is 1.92 bits per heavy atom. The van der Waals surface area contributed by atoms with E-state index in [-0.39, 0.29) is 11.4 Å². The summed E-state index contributed by atoms with van der Waals surface area (Å²) in [5.41, 5.74) is -0.362. The Balaban J connectivity index is 2.44. The maximum Gasteiger partial charge on any atom is 0.312 e. The summed E-state index contributed by atoms with van der Waals surface area (Å²) in [4.78, 5) is 13.7. The van der Waals surface area contributed by atoms with Crippen molar-refractivity contribution in [2.45, 2.75) is 26.7 Å². The van der Waals surface area contributed by atoms with Gasteiger partial charge in [0.25, 0.3) is 0 Å². The molecule has 3 heteroatoms. The molecule has 0 atom stereocenters. The summed E-state index contributed by atoms with van der Waals surface area (Å²) in [6.45, 7) is 6.95. The minimum Gasteiger partial charge on any atom is -0.469 e. The number of carbonyl (C=O) groups excluding carboxylic acids is 1. The first-order valence-electron chi connectivity index (χ1n) is 4.87. The van der Waals surface area contributed by atoms with Crippen molar-refractivity contribution in [1.82, 2.24) is 4.90 Å². The first-order valence-corrected chi connectivity index (χ1v) is 4.87. The summed E-state index contributed by atoms with van der Waals surface area (Å²) in [5, 5.41) is 0. The predicted molar refractivity (Wildman–Crippen MR) is 51.5 cm³/mol. The Morgan fingerprint density at radius 1 is 1.38 bits per heavy atom. The van der Waals surface area contributed by atoms with Crippen LogP contribution in [-0.4, -0.2) is 37.6 Å². The average Bonchev–Trinajstić information content (AvgIpc) is 2.54. The molecule has 1 heterocycles. The molecule has 0 aromatic carbocycles. The van der Waals surface area contributed by atoms with Gasteiger partial charge in [0.05, 0.1) is 12.5 Å². The maximum absolute atomic E-state index is 11.4. The zero-order chi connectivity index (χ0) is 9.90. The van der Waals surface area contributed by atoms with Crippen LogP contribution in [0.4, 0.5) is 0 Å². The zero-order valence-electron chi connectivity index (χ0n) is 8.80. The first-order chi connectivity index (χ1) is 6.06. The van der Waals surface area contributed by atoms with Crippen LogP contribution in [0.1, 0.15) is 26.7 Å². The van der Waals surface area contributed by atoms with Crippen LogP contribution in [0.25, 0.3) is 0 Å². The predicted octanol–water partition coefficient (Wildman–Crippen LogP) is 1.28. The highest BCUT2D eigenvalue weighted by Crippen LogP contribution is 2.21. The van der Waals surface area contributed by atoms with E-state index in [9.17, 15) is 4.79 Å².